The van der Waals surface area contributed by atoms with Crippen molar-refractivity contribution in [2.24, 2.45) is 11.3 Å². The third-order valence-corrected chi connectivity index (χ3v) is 5.14. The lowest BCUT2D eigenvalue weighted by Gasteiger charge is -2.41. The molecule has 1 saturated carbocycles. The zero-order valence-electron chi connectivity index (χ0n) is 12.7. The van der Waals surface area contributed by atoms with Gasteiger partial charge < -0.3 is 10.4 Å². The number of benzene rings is 1. The molecule has 20 heavy (non-hydrogen) atoms. The number of hydrogen-bond acceptors (Lipinski definition) is 2. The first kappa shape index (κ1) is 15.8. The van der Waals surface area contributed by atoms with Crippen molar-refractivity contribution in [3.63, 3.8) is 0 Å². The summed E-state index contributed by atoms with van der Waals surface area (Å²) in [6.07, 6.45) is 5.22. The molecule has 3 heteroatoms. The molecule has 0 bridgehead atoms. The molecule has 1 aliphatic carbocycles. The number of hydrogen-bond donors (Lipinski definition) is 2. The van der Waals surface area contributed by atoms with Gasteiger partial charge in [-0.15, -0.1) is 0 Å². The third-order valence-electron chi connectivity index (χ3n) is 4.50. The smallest absolute Gasteiger partial charge is 0.134 e. The van der Waals surface area contributed by atoms with Gasteiger partial charge in [-0.1, -0.05) is 45.7 Å². The number of nitrogens with one attached hydrogen (secondary N) is 1. The molecule has 1 aromatic rings. The number of para-hydroxylation sites is 1. The first-order valence-electron chi connectivity index (χ1n) is 7.59. The highest BCUT2D eigenvalue weighted by Crippen LogP contribution is 2.38. The van der Waals surface area contributed by atoms with E-state index in [4.69, 9.17) is 0 Å². The van der Waals surface area contributed by atoms with Crippen molar-refractivity contribution in [1.82, 2.24) is 5.32 Å². The van der Waals surface area contributed by atoms with Gasteiger partial charge in [0.05, 0.1) is 4.47 Å². The van der Waals surface area contributed by atoms with Crippen LogP contribution in [0.25, 0.3) is 0 Å². The van der Waals surface area contributed by atoms with Gasteiger partial charge in [-0.3, -0.25) is 0 Å². The molecule has 0 saturated heterocycles. The molecule has 2 nitrogen and oxygen atoms in total. The summed E-state index contributed by atoms with van der Waals surface area (Å²) in [4.78, 5) is 0. The average Bonchev–Trinajstić information content (AvgIpc) is 2.40. The van der Waals surface area contributed by atoms with Gasteiger partial charge >= 0.3 is 0 Å². The molecule has 2 rings (SSSR count). The highest BCUT2D eigenvalue weighted by Gasteiger charge is 2.33. The van der Waals surface area contributed by atoms with Gasteiger partial charge in [0.2, 0.25) is 0 Å². The van der Waals surface area contributed by atoms with Crippen LogP contribution in [0.15, 0.2) is 22.7 Å². The Bertz CT molecular complexity index is 453. The first-order chi connectivity index (χ1) is 9.39. The van der Waals surface area contributed by atoms with Gasteiger partial charge in [0.15, 0.2) is 0 Å². The van der Waals surface area contributed by atoms with E-state index in [1.54, 1.807) is 0 Å². The van der Waals surface area contributed by atoms with E-state index in [0.717, 1.165) is 16.6 Å². The van der Waals surface area contributed by atoms with E-state index in [1.807, 2.05) is 18.2 Å². The maximum atomic E-state index is 10.1. The summed E-state index contributed by atoms with van der Waals surface area (Å²) in [6.45, 7) is 7.76. The van der Waals surface area contributed by atoms with Crippen molar-refractivity contribution in [1.29, 1.82) is 0 Å². The lowest BCUT2D eigenvalue weighted by atomic mass is 9.69. The van der Waals surface area contributed by atoms with E-state index in [0.29, 0.717) is 23.1 Å². The molecule has 112 valence electrons. The Balaban J connectivity index is 2.03. The first-order valence-corrected chi connectivity index (χ1v) is 8.38. The zero-order valence-corrected chi connectivity index (χ0v) is 14.3. The lowest BCUT2D eigenvalue weighted by molar-refractivity contribution is 0.130. The molecule has 0 amide bonds. The summed E-state index contributed by atoms with van der Waals surface area (Å²) in [5, 5.41) is 13.7. The van der Waals surface area contributed by atoms with Crippen LogP contribution in [-0.2, 0) is 6.54 Å². The molecule has 0 radical (unpaired) electrons. The molecular formula is C17H26BrNO. The average molecular weight is 340 g/mol. The van der Waals surface area contributed by atoms with Crippen molar-refractivity contribution in [3.05, 3.63) is 28.2 Å². The second kappa shape index (κ2) is 6.48. The van der Waals surface area contributed by atoms with Crippen molar-refractivity contribution < 1.29 is 5.11 Å². The Labute approximate surface area is 131 Å². The van der Waals surface area contributed by atoms with E-state index in [2.05, 4.69) is 42.0 Å². The minimum atomic E-state index is 0.345. The Hall–Kier alpha value is -0.540. The number of halogens is 1. The molecule has 1 aromatic carbocycles. The SMILES string of the molecule is CC(C)(C)C1CCCCC1NCc1cccc(Br)c1O. The van der Waals surface area contributed by atoms with E-state index in [9.17, 15) is 5.11 Å². The molecule has 2 atom stereocenters. The fourth-order valence-electron chi connectivity index (χ4n) is 3.36. The zero-order chi connectivity index (χ0) is 14.8. The van der Waals surface area contributed by atoms with Gasteiger partial charge in [0, 0.05) is 18.2 Å². The quantitative estimate of drug-likeness (QED) is 0.824. The van der Waals surface area contributed by atoms with E-state index < -0.39 is 0 Å². The van der Waals surface area contributed by atoms with Crippen molar-refractivity contribution in [3.8, 4) is 5.75 Å². The van der Waals surface area contributed by atoms with Crippen LogP contribution in [0, 0.1) is 11.3 Å². The molecule has 0 aromatic heterocycles. The van der Waals surface area contributed by atoms with Gasteiger partial charge in [-0.05, 0) is 46.2 Å². The number of rotatable bonds is 3. The standard InChI is InChI=1S/C17H26BrNO/c1-17(2,3)13-8-4-5-10-15(13)19-11-12-7-6-9-14(18)16(12)20/h6-7,9,13,15,19-20H,4-5,8,10-11H2,1-3H3. The van der Waals surface area contributed by atoms with Crippen LogP contribution in [0.3, 0.4) is 0 Å². The maximum absolute atomic E-state index is 10.1. The van der Waals surface area contributed by atoms with E-state index in [-0.39, 0.29) is 0 Å². The van der Waals surface area contributed by atoms with Crippen LogP contribution >= 0.6 is 15.9 Å². The molecular weight excluding hydrogens is 314 g/mol. The minimum Gasteiger partial charge on any atom is -0.506 e. The molecule has 0 spiro atoms. The fourth-order valence-corrected chi connectivity index (χ4v) is 3.76. The van der Waals surface area contributed by atoms with Crippen molar-refractivity contribution in [2.75, 3.05) is 0 Å². The van der Waals surface area contributed by atoms with Gasteiger partial charge in [-0.25, -0.2) is 0 Å². The Morgan fingerprint density at radius 1 is 1.25 bits per heavy atom. The van der Waals surface area contributed by atoms with Crippen molar-refractivity contribution >= 4 is 15.9 Å². The van der Waals surface area contributed by atoms with Crippen LogP contribution in [-0.4, -0.2) is 11.1 Å². The number of aromatic hydroxyl groups is 1. The fraction of sp³-hybridized carbons (Fsp3) is 0.647. The lowest BCUT2D eigenvalue weighted by Crippen LogP contribution is -2.43. The third kappa shape index (κ3) is 3.76. The highest BCUT2D eigenvalue weighted by molar-refractivity contribution is 9.10. The summed E-state index contributed by atoms with van der Waals surface area (Å²) in [7, 11) is 0. The highest BCUT2D eigenvalue weighted by atomic mass is 79.9. The Kier molecular flexibility index (Phi) is 5.14. The largest absolute Gasteiger partial charge is 0.506 e. The summed E-state index contributed by atoms with van der Waals surface area (Å²) in [6, 6.07) is 6.39. The Morgan fingerprint density at radius 3 is 2.65 bits per heavy atom. The van der Waals surface area contributed by atoms with Crippen LogP contribution in [0.2, 0.25) is 0 Å². The van der Waals surface area contributed by atoms with Crippen LogP contribution in [0.1, 0.15) is 52.0 Å². The molecule has 0 aliphatic heterocycles. The van der Waals surface area contributed by atoms with Gasteiger partial charge in [-0.2, -0.15) is 0 Å². The predicted octanol–water partition coefficient (Wildman–Crippen LogP) is 4.85. The minimum absolute atomic E-state index is 0.345. The Morgan fingerprint density at radius 2 is 1.95 bits per heavy atom. The van der Waals surface area contributed by atoms with Gasteiger partial charge in [0.25, 0.3) is 0 Å². The molecule has 0 heterocycles. The van der Waals surface area contributed by atoms with Crippen LogP contribution in [0.4, 0.5) is 0 Å². The normalized spacial score (nSPS) is 23.8. The second-order valence-corrected chi connectivity index (χ2v) is 7.85. The van der Waals surface area contributed by atoms with Crippen LogP contribution in [0.5, 0.6) is 5.75 Å². The predicted molar refractivity (Wildman–Crippen MR) is 87.8 cm³/mol. The van der Waals surface area contributed by atoms with Crippen molar-refractivity contribution in [2.45, 2.75) is 59.0 Å². The van der Waals surface area contributed by atoms with Crippen LogP contribution < -0.4 is 5.32 Å². The van der Waals surface area contributed by atoms with Gasteiger partial charge in [0.1, 0.15) is 5.75 Å². The molecule has 2 N–H and O–H groups in total. The molecule has 1 aliphatic rings. The monoisotopic (exact) mass is 339 g/mol. The van der Waals surface area contributed by atoms with E-state index in [1.165, 1.54) is 25.7 Å². The topological polar surface area (TPSA) is 32.3 Å². The maximum Gasteiger partial charge on any atom is 0.134 e. The second-order valence-electron chi connectivity index (χ2n) is 6.99. The summed E-state index contributed by atoms with van der Waals surface area (Å²) >= 11 is 3.38. The van der Waals surface area contributed by atoms with E-state index >= 15 is 0 Å². The summed E-state index contributed by atoms with van der Waals surface area (Å²) in [5.41, 5.74) is 1.31. The molecule has 2 unspecified atom stereocenters. The molecule has 1 fully saturated rings. The number of phenols is 1. The summed E-state index contributed by atoms with van der Waals surface area (Å²) < 4.78 is 0.771. The number of phenolic OH excluding ortho intramolecular Hbond substituents is 1. The summed E-state index contributed by atoms with van der Waals surface area (Å²) in [5.74, 6) is 1.08.